The van der Waals surface area contributed by atoms with Gasteiger partial charge in [-0.05, 0) is 13.8 Å². The molecule has 0 unspecified atom stereocenters. The van der Waals surface area contributed by atoms with Gasteiger partial charge in [-0.25, -0.2) is 4.79 Å². The fourth-order valence-corrected chi connectivity index (χ4v) is 0.918. The molecule has 0 amide bonds. The molecule has 0 N–H and O–H groups in total. The van der Waals surface area contributed by atoms with Crippen molar-refractivity contribution < 1.29 is 14.3 Å². The van der Waals surface area contributed by atoms with Crippen LogP contribution in [0.5, 0.6) is 0 Å². The lowest BCUT2D eigenvalue weighted by Crippen LogP contribution is -2.31. The van der Waals surface area contributed by atoms with Crippen LogP contribution in [0.4, 0.5) is 0 Å². The second-order valence-corrected chi connectivity index (χ2v) is 2.70. The van der Waals surface area contributed by atoms with Gasteiger partial charge in [0.25, 0.3) is 0 Å². The minimum Gasteiger partial charge on any atom is -0.484 e. The minimum absolute atomic E-state index is 0.268. The van der Waals surface area contributed by atoms with Crippen LogP contribution in [-0.4, -0.2) is 18.2 Å². The summed E-state index contributed by atoms with van der Waals surface area (Å²) in [5.74, 6) is -0.268. The predicted octanol–water partition coefficient (Wildman–Crippen LogP) is 1.24. The first kappa shape index (κ1) is 8.11. The zero-order chi connectivity index (χ0) is 8.32. The van der Waals surface area contributed by atoms with E-state index < -0.39 is 5.60 Å². The summed E-state index contributed by atoms with van der Waals surface area (Å²) in [7, 11) is 0. The Hall–Kier alpha value is -0.990. The van der Waals surface area contributed by atoms with E-state index in [0.717, 1.165) is 0 Å². The zero-order valence-electron chi connectivity index (χ0n) is 6.79. The van der Waals surface area contributed by atoms with Crippen LogP contribution in [0.2, 0.25) is 0 Å². The molecule has 11 heavy (non-hydrogen) atoms. The third kappa shape index (κ3) is 1.53. The molecule has 0 saturated carbocycles. The molecular formula is C8H12O3. The van der Waals surface area contributed by atoms with Crippen molar-refractivity contribution in [3.63, 3.8) is 0 Å². The van der Waals surface area contributed by atoms with Crippen LogP contribution in [0.25, 0.3) is 0 Å². The van der Waals surface area contributed by atoms with Gasteiger partial charge in [-0.3, -0.25) is 0 Å². The lowest BCUT2D eigenvalue weighted by atomic mass is 10.1. The molecule has 1 atom stereocenters. The van der Waals surface area contributed by atoms with E-state index >= 15 is 0 Å². The molecule has 1 fully saturated rings. The highest BCUT2D eigenvalue weighted by Gasteiger charge is 2.41. The molecule has 0 radical (unpaired) electrons. The Morgan fingerprint density at radius 2 is 2.45 bits per heavy atom. The second-order valence-electron chi connectivity index (χ2n) is 2.70. The van der Waals surface area contributed by atoms with E-state index in [9.17, 15) is 4.79 Å². The van der Waals surface area contributed by atoms with E-state index in [1.165, 1.54) is 6.26 Å². The maximum Gasteiger partial charge on any atom is 0.350 e. The summed E-state index contributed by atoms with van der Waals surface area (Å²) in [6.45, 7) is 4.04. The van der Waals surface area contributed by atoms with Crippen molar-refractivity contribution in [1.82, 2.24) is 0 Å². The lowest BCUT2D eigenvalue weighted by Gasteiger charge is -2.17. The fourth-order valence-electron chi connectivity index (χ4n) is 0.918. The number of allylic oxidation sites excluding steroid dienone is 1. The van der Waals surface area contributed by atoms with Gasteiger partial charge in [0.1, 0.15) is 0 Å². The highest BCUT2D eigenvalue weighted by Crippen LogP contribution is 2.23. The summed E-state index contributed by atoms with van der Waals surface area (Å²) in [6.07, 6.45) is 3.90. The van der Waals surface area contributed by atoms with Gasteiger partial charge in [0.15, 0.2) is 0 Å². The van der Waals surface area contributed by atoms with Crippen LogP contribution in [0, 0.1) is 0 Å². The number of hydrogen-bond donors (Lipinski definition) is 0. The Bertz CT molecular complexity index is 186. The molecule has 1 aliphatic rings. The first-order chi connectivity index (χ1) is 5.19. The van der Waals surface area contributed by atoms with E-state index in [4.69, 9.17) is 9.47 Å². The fraction of sp³-hybridized carbons (Fsp3) is 0.625. The molecule has 1 heterocycles. The molecule has 0 aromatic heterocycles. The Morgan fingerprint density at radius 1 is 1.73 bits per heavy atom. The maximum atomic E-state index is 11.0. The van der Waals surface area contributed by atoms with Gasteiger partial charge in [0.05, 0.1) is 12.9 Å². The van der Waals surface area contributed by atoms with E-state index in [-0.39, 0.29) is 5.97 Å². The average molecular weight is 156 g/mol. The SMILES string of the molecule is CC=CO[C@]1(C)CCOC1=O. The molecule has 0 aromatic carbocycles. The predicted molar refractivity (Wildman–Crippen MR) is 39.9 cm³/mol. The van der Waals surface area contributed by atoms with Gasteiger partial charge in [-0.15, -0.1) is 0 Å². The van der Waals surface area contributed by atoms with Crippen molar-refractivity contribution in [1.29, 1.82) is 0 Å². The standard InChI is InChI=1S/C8H12O3/c1-3-5-11-8(2)4-6-10-7(8)9/h3,5H,4,6H2,1-2H3/t8-/m1/s1. The van der Waals surface area contributed by atoms with Gasteiger partial charge < -0.3 is 9.47 Å². The van der Waals surface area contributed by atoms with Crippen molar-refractivity contribution in [2.24, 2.45) is 0 Å². The Balaban J connectivity index is 2.58. The molecule has 3 nitrogen and oxygen atoms in total. The molecule has 1 aliphatic heterocycles. The number of cyclic esters (lactones) is 1. The normalized spacial score (nSPS) is 30.9. The van der Waals surface area contributed by atoms with Crippen molar-refractivity contribution in [3.05, 3.63) is 12.3 Å². The van der Waals surface area contributed by atoms with Gasteiger partial charge >= 0.3 is 5.97 Å². The maximum absolute atomic E-state index is 11.0. The van der Waals surface area contributed by atoms with Crippen molar-refractivity contribution in [2.75, 3.05) is 6.61 Å². The van der Waals surface area contributed by atoms with Crippen LogP contribution >= 0.6 is 0 Å². The molecule has 0 bridgehead atoms. The van der Waals surface area contributed by atoms with E-state index in [1.807, 2.05) is 6.92 Å². The summed E-state index contributed by atoms with van der Waals surface area (Å²) in [5, 5.41) is 0. The van der Waals surface area contributed by atoms with Crippen molar-refractivity contribution in [2.45, 2.75) is 25.9 Å². The first-order valence-corrected chi connectivity index (χ1v) is 3.65. The lowest BCUT2D eigenvalue weighted by molar-refractivity contribution is -0.152. The molecule has 3 heteroatoms. The van der Waals surface area contributed by atoms with Crippen LogP contribution in [-0.2, 0) is 14.3 Å². The molecule has 1 rings (SSSR count). The number of rotatable bonds is 2. The monoisotopic (exact) mass is 156 g/mol. The van der Waals surface area contributed by atoms with E-state index in [0.29, 0.717) is 13.0 Å². The molecule has 0 spiro atoms. The molecule has 0 aromatic rings. The van der Waals surface area contributed by atoms with Gasteiger partial charge in [-0.1, -0.05) is 6.08 Å². The average Bonchev–Trinajstić information content (AvgIpc) is 2.30. The Labute approximate surface area is 66.0 Å². The summed E-state index contributed by atoms with van der Waals surface area (Å²) in [4.78, 5) is 11.0. The number of carbonyl (C=O) groups is 1. The van der Waals surface area contributed by atoms with Crippen molar-refractivity contribution in [3.8, 4) is 0 Å². The highest BCUT2D eigenvalue weighted by molar-refractivity contribution is 5.80. The number of esters is 1. The van der Waals surface area contributed by atoms with E-state index in [1.54, 1.807) is 13.0 Å². The van der Waals surface area contributed by atoms with Crippen LogP contribution in [0.1, 0.15) is 20.3 Å². The van der Waals surface area contributed by atoms with Gasteiger partial charge in [-0.2, -0.15) is 0 Å². The van der Waals surface area contributed by atoms with Crippen LogP contribution in [0.3, 0.4) is 0 Å². The first-order valence-electron chi connectivity index (χ1n) is 3.65. The molecule has 0 aliphatic carbocycles. The summed E-state index contributed by atoms with van der Waals surface area (Å²) in [6, 6.07) is 0. The largest absolute Gasteiger partial charge is 0.484 e. The molecular weight excluding hydrogens is 144 g/mol. The molecule has 1 saturated heterocycles. The number of ether oxygens (including phenoxy) is 2. The Morgan fingerprint density at radius 3 is 2.91 bits per heavy atom. The van der Waals surface area contributed by atoms with Crippen LogP contribution in [0.15, 0.2) is 12.3 Å². The number of carbonyl (C=O) groups excluding carboxylic acids is 1. The third-order valence-corrected chi connectivity index (χ3v) is 1.71. The zero-order valence-corrected chi connectivity index (χ0v) is 6.79. The third-order valence-electron chi connectivity index (χ3n) is 1.71. The summed E-state index contributed by atoms with van der Waals surface area (Å²) < 4.78 is 9.96. The Kier molecular flexibility index (Phi) is 2.17. The van der Waals surface area contributed by atoms with Crippen molar-refractivity contribution >= 4 is 5.97 Å². The second kappa shape index (κ2) is 2.95. The summed E-state index contributed by atoms with van der Waals surface area (Å²) in [5.41, 5.74) is -0.744. The van der Waals surface area contributed by atoms with Gasteiger partial charge in [0, 0.05) is 6.42 Å². The topological polar surface area (TPSA) is 35.5 Å². The van der Waals surface area contributed by atoms with Gasteiger partial charge in [0.2, 0.25) is 5.60 Å². The van der Waals surface area contributed by atoms with Crippen LogP contribution < -0.4 is 0 Å². The minimum atomic E-state index is -0.744. The highest BCUT2D eigenvalue weighted by atomic mass is 16.6. The quantitative estimate of drug-likeness (QED) is 0.445. The van der Waals surface area contributed by atoms with E-state index in [2.05, 4.69) is 0 Å². The summed E-state index contributed by atoms with van der Waals surface area (Å²) >= 11 is 0. The molecule has 62 valence electrons. The smallest absolute Gasteiger partial charge is 0.350 e. The number of hydrogen-bond acceptors (Lipinski definition) is 3.